The predicted octanol–water partition coefficient (Wildman–Crippen LogP) is 4.50. The van der Waals surface area contributed by atoms with Crippen LogP contribution in [0.1, 0.15) is 49.4 Å². The molecule has 5 nitrogen and oxygen atoms in total. The van der Waals surface area contributed by atoms with Crippen LogP contribution in [0.3, 0.4) is 0 Å². The summed E-state index contributed by atoms with van der Waals surface area (Å²) in [6, 6.07) is 3.82. The summed E-state index contributed by atoms with van der Waals surface area (Å²) in [5.74, 6) is 0.583. The zero-order valence-corrected chi connectivity index (χ0v) is 16.9. The van der Waals surface area contributed by atoms with E-state index in [4.69, 9.17) is 11.6 Å². The van der Waals surface area contributed by atoms with Gasteiger partial charge in [-0.25, -0.2) is 9.37 Å². The molecule has 1 atom stereocenters. The predicted molar refractivity (Wildman–Crippen MR) is 110 cm³/mol. The normalized spacial score (nSPS) is 25.9. The van der Waals surface area contributed by atoms with E-state index in [1.807, 2.05) is 6.07 Å². The van der Waals surface area contributed by atoms with Gasteiger partial charge in [0.25, 0.3) is 0 Å². The number of likely N-dealkylation sites (tertiary alicyclic amines) is 1. The lowest BCUT2D eigenvalue weighted by molar-refractivity contribution is 0.101. The van der Waals surface area contributed by atoms with E-state index in [0.29, 0.717) is 35.1 Å². The van der Waals surface area contributed by atoms with Gasteiger partial charge in [0.05, 0.1) is 16.8 Å². The van der Waals surface area contributed by atoms with Gasteiger partial charge < -0.3 is 10.2 Å². The summed E-state index contributed by atoms with van der Waals surface area (Å²) in [4.78, 5) is 23.2. The molecule has 7 heteroatoms. The third-order valence-electron chi connectivity index (χ3n) is 5.98. The van der Waals surface area contributed by atoms with E-state index in [9.17, 15) is 9.18 Å². The highest BCUT2D eigenvalue weighted by molar-refractivity contribution is 6.30. The molecule has 1 saturated heterocycles. The average Bonchev–Trinajstić information content (AvgIpc) is 3.08. The van der Waals surface area contributed by atoms with Crippen molar-refractivity contribution in [2.24, 2.45) is 5.92 Å². The summed E-state index contributed by atoms with van der Waals surface area (Å²) in [5.41, 5.74) is 2.66. The number of Topliss-reactive ketones (excluding diaryl/α,β-unsaturated/α-hetero) is 1. The molecule has 2 aromatic rings. The first-order valence-electron chi connectivity index (χ1n) is 10.1. The number of rotatable bonds is 5. The molecule has 1 aliphatic carbocycles. The standard InChI is InChI=1S/C21H26ClFN4O/c1-13(28)17-10-24-18-6-7-19(22)26-21(18)20(17)25-16-4-2-14(3-5-16)11-27-9-8-15(23)12-27/h6-7,10,14-16H,2-5,8-9,11-12H2,1H3,(H,24,25)/t14?,15-,16?/m1/s1. The first-order chi connectivity index (χ1) is 13.5. The summed E-state index contributed by atoms with van der Waals surface area (Å²) in [7, 11) is 0. The van der Waals surface area contributed by atoms with Crippen molar-refractivity contribution in [2.75, 3.05) is 25.0 Å². The molecule has 2 aliphatic rings. The number of pyridine rings is 2. The number of aromatic nitrogens is 2. The zero-order valence-electron chi connectivity index (χ0n) is 16.1. The van der Waals surface area contributed by atoms with E-state index < -0.39 is 6.17 Å². The number of anilines is 1. The fraction of sp³-hybridized carbons (Fsp3) is 0.571. The van der Waals surface area contributed by atoms with Crippen LogP contribution in [0.2, 0.25) is 5.15 Å². The Bertz CT molecular complexity index is 869. The van der Waals surface area contributed by atoms with Gasteiger partial charge in [0.15, 0.2) is 5.78 Å². The number of carbonyl (C=O) groups is 1. The van der Waals surface area contributed by atoms with E-state index in [1.54, 1.807) is 19.2 Å². The summed E-state index contributed by atoms with van der Waals surface area (Å²) < 4.78 is 13.4. The molecule has 2 fully saturated rings. The molecule has 28 heavy (non-hydrogen) atoms. The van der Waals surface area contributed by atoms with Crippen molar-refractivity contribution in [2.45, 2.75) is 51.2 Å². The number of hydrogen-bond acceptors (Lipinski definition) is 5. The second-order valence-electron chi connectivity index (χ2n) is 8.11. The van der Waals surface area contributed by atoms with Crippen LogP contribution in [0.5, 0.6) is 0 Å². The number of nitrogens with zero attached hydrogens (tertiary/aromatic N) is 3. The SMILES string of the molecule is CC(=O)c1cnc2ccc(Cl)nc2c1NC1CCC(CN2CC[C@@H](F)C2)CC1. The van der Waals surface area contributed by atoms with Crippen molar-refractivity contribution in [3.63, 3.8) is 0 Å². The minimum absolute atomic E-state index is 0.0397. The highest BCUT2D eigenvalue weighted by atomic mass is 35.5. The van der Waals surface area contributed by atoms with Crippen LogP contribution in [0.15, 0.2) is 18.3 Å². The van der Waals surface area contributed by atoms with Gasteiger partial charge in [-0.3, -0.25) is 9.78 Å². The Morgan fingerprint density at radius 2 is 2.07 bits per heavy atom. The van der Waals surface area contributed by atoms with Crippen LogP contribution >= 0.6 is 11.6 Å². The monoisotopic (exact) mass is 404 g/mol. The Balaban J connectivity index is 1.46. The molecule has 0 unspecified atom stereocenters. The number of carbonyl (C=O) groups excluding carboxylic acids is 1. The number of ketones is 1. The van der Waals surface area contributed by atoms with Gasteiger partial charge in [0.2, 0.25) is 0 Å². The highest BCUT2D eigenvalue weighted by Crippen LogP contribution is 2.32. The summed E-state index contributed by atoms with van der Waals surface area (Å²) in [5, 5.41) is 3.95. The van der Waals surface area contributed by atoms with Crippen molar-refractivity contribution >= 4 is 34.1 Å². The molecule has 1 saturated carbocycles. The van der Waals surface area contributed by atoms with Crippen molar-refractivity contribution < 1.29 is 9.18 Å². The Morgan fingerprint density at radius 3 is 2.75 bits per heavy atom. The van der Waals surface area contributed by atoms with Crippen molar-refractivity contribution in [3.05, 3.63) is 29.0 Å². The minimum Gasteiger partial charge on any atom is -0.380 e. The average molecular weight is 405 g/mol. The number of halogens is 2. The Labute approximate surface area is 169 Å². The fourth-order valence-electron chi connectivity index (χ4n) is 4.47. The molecule has 0 radical (unpaired) electrons. The molecule has 0 aromatic carbocycles. The third kappa shape index (κ3) is 4.28. The zero-order chi connectivity index (χ0) is 19.7. The maximum atomic E-state index is 13.4. The van der Waals surface area contributed by atoms with Gasteiger partial charge >= 0.3 is 0 Å². The number of nitrogens with one attached hydrogen (secondary N) is 1. The Hall–Kier alpha value is -1.79. The van der Waals surface area contributed by atoms with Crippen LogP contribution < -0.4 is 5.32 Å². The quantitative estimate of drug-likeness (QED) is 0.587. The molecule has 3 heterocycles. The summed E-state index contributed by atoms with van der Waals surface area (Å²) in [6.07, 6.45) is 5.92. The second kappa shape index (κ2) is 8.29. The van der Waals surface area contributed by atoms with E-state index in [1.165, 1.54) is 0 Å². The van der Waals surface area contributed by atoms with Gasteiger partial charge in [-0.2, -0.15) is 0 Å². The van der Waals surface area contributed by atoms with Crippen molar-refractivity contribution in [1.29, 1.82) is 0 Å². The maximum absolute atomic E-state index is 13.4. The fourth-order valence-corrected chi connectivity index (χ4v) is 4.61. The van der Waals surface area contributed by atoms with Crippen LogP contribution in [0.25, 0.3) is 11.0 Å². The Morgan fingerprint density at radius 1 is 1.29 bits per heavy atom. The van der Waals surface area contributed by atoms with Crippen LogP contribution in [0, 0.1) is 5.92 Å². The van der Waals surface area contributed by atoms with Gasteiger partial charge in [-0.1, -0.05) is 11.6 Å². The lowest BCUT2D eigenvalue weighted by atomic mass is 9.85. The molecule has 2 aromatic heterocycles. The number of fused-ring (bicyclic) bond motifs is 1. The molecular formula is C21H26ClFN4O. The lowest BCUT2D eigenvalue weighted by Crippen LogP contribution is -2.33. The van der Waals surface area contributed by atoms with Gasteiger partial charge in [0.1, 0.15) is 16.8 Å². The first kappa shape index (κ1) is 19.5. The number of alkyl halides is 1. The topological polar surface area (TPSA) is 58.1 Å². The first-order valence-corrected chi connectivity index (χ1v) is 10.5. The van der Waals surface area contributed by atoms with Crippen LogP contribution in [0.4, 0.5) is 10.1 Å². The van der Waals surface area contributed by atoms with E-state index >= 15 is 0 Å². The summed E-state index contributed by atoms with van der Waals surface area (Å²) >= 11 is 6.09. The van der Waals surface area contributed by atoms with E-state index in [2.05, 4.69) is 20.2 Å². The van der Waals surface area contributed by atoms with Crippen LogP contribution in [-0.4, -0.2) is 52.5 Å². The van der Waals surface area contributed by atoms with Gasteiger partial charge in [-0.15, -0.1) is 0 Å². The lowest BCUT2D eigenvalue weighted by Gasteiger charge is -2.32. The minimum atomic E-state index is -0.651. The summed E-state index contributed by atoms with van der Waals surface area (Å²) in [6.45, 7) is 4.02. The van der Waals surface area contributed by atoms with Crippen molar-refractivity contribution in [1.82, 2.24) is 14.9 Å². The molecule has 0 spiro atoms. The Kier molecular flexibility index (Phi) is 5.78. The highest BCUT2D eigenvalue weighted by Gasteiger charge is 2.28. The van der Waals surface area contributed by atoms with E-state index in [0.717, 1.165) is 50.0 Å². The van der Waals surface area contributed by atoms with E-state index in [-0.39, 0.29) is 11.8 Å². The number of hydrogen-bond donors (Lipinski definition) is 1. The third-order valence-corrected chi connectivity index (χ3v) is 6.20. The second-order valence-corrected chi connectivity index (χ2v) is 8.50. The van der Waals surface area contributed by atoms with Gasteiger partial charge in [-0.05, 0) is 57.1 Å². The largest absolute Gasteiger partial charge is 0.380 e. The molecule has 1 N–H and O–H groups in total. The molecule has 0 amide bonds. The molecular weight excluding hydrogens is 379 g/mol. The molecule has 1 aliphatic heterocycles. The van der Waals surface area contributed by atoms with Crippen LogP contribution in [-0.2, 0) is 0 Å². The smallest absolute Gasteiger partial charge is 0.163 e. The van der Waals surface area contributed by atoms with Crippen molar-refractivity contribution in [3.8, 4) is 0 Å². The molecule has 150 valence electrons. The maximum Gasteiger partial charge on any atom is 0.163 e. The molecule has 4 rings (SSSR count). The van der Waals surface area contributed by atoms with Gasteiger partial charge in [0, 0.05) is 31.9 Å². The molecule has 0 bridgehead atoms.